The van der Waals surface area contributed by atoms with Gasteiger partial charge in [0, 0.05) is 47.4 Å². The number of hydrogen-bond donors (Lipinski definition) is 0. The van der Waals surface area contributed by atoms with E-state index in [-0.39, 0.29) is 11.8 Å². The molecular formula is C19H18ClN3O3. The number of piperidine rings is 1. The molecule has 134 valence electrons. The number of carbonyl (C=O) groups is 1. The fourth-order valence-corrected chi connectivity index (χ4v) is 3.66. The number of amides is 1. The summed E-state index contributed by atoms with van der Waals surface area (Å²) >= 11 is 6.10. The van der Waals surface area contributed by atoms with E-state index in [9.17, 15) is 4.79 Å². The summed E-state index contributed by atoms with van der Waals surface area (Å²) in [6, 6.07) is 7.07. The fourth-order valence-electron chi connectivity index (χ4n) is 3.44. The first-order chi connectivity index (χ1) is 12.7. The van der Waals surface area contributed by atoms with Crippen molar-refractivity contribution in [3.63, 3.8) is 0 Å². The predicted molar refractivity (Wildman–Crippen MR) is 97.7 cm³/mol. The van der Waals surface area contributed by atoms with Crippen LogP contribution in [0, 0.1) is 0 Å². The maximum absolute atomic E-state index is 13.0. The van der Waals surface area contributed by atoms with Crippen molar-refractivity contribution < 1.29 is 13.9 Å². The van der Waals surface area contributed by atoms with Crippen LogP contribution < -0.4 is 4.74 Å². The van der Waals surface area contributed by atoms with E-state index < -0.39 is 0 Å². The topological polar surface area (TPSA) is 68.5 Å². The number of ether oxygens (including phenoxy) is 1. The predicted octanol–water partition coefficient (Wildman–Crippen LogP) is 3.90. The Balaban J connectivity index is 1.60. The molecule has 0 N–H and O–H groups in total. The first-order valence-electron chi connectivity index (χ1n) is 8.48. The van der Waals surface area contributed by atoms with Gasteiger partial charge < -0.3 is 14.1 Å². The molecule has 0 bridgehead atoms. The van der Waals surface area contributed by atoms with Gasteiger partial charge in [0.25, 0.3) is 5.91 Å². The number of aromatic nitrogens is 2. The molecule has 2 aromatic heterocycles. The highest BCUT2D eigenvalue weighted by atomic mass is 35.5. The number of methoxy groups -OCH3 is 1. The number of rotatable bonds is 3. The number of carbonyl (C=O) groups excluding carboxylic acids is 1. The van der Waals surface area contributed by atoms with Crippen molar-refractivity contribution in [3.05, 3.63) is 53.3 Å². The minimum Gasteiger partial charge on any atom is -0.493 e. The number of fused-ring (bicyclic) bond motifs is 1. The quantitative estimate of drug-likeness (QED) is 0.698. The second-order valence-electron chi connectivity index (χ2n) is 6.36. The van der Waals surface area contributed by atoms with Crippen LogP contribution in [0.1, 0.15) is 35.0 Å². The molecule has 1 aliphatic rings. The molecule has 7 heteroatoms. The van der Waals surface area contributed by atoms with E-state index in [0.717, 1.165) is 23.9 Å². The zero-order valence-corrected chi connectivity index (χ0v) is 15.1. The second kappa shape index (κ2) is 6.96. The Bertz CT molecular complexity index is 942. The van der Waals surface area contributed by atoms with Crippen molar-refractivity contribution in [1.29, 1.82) is 0 Å². The van der Waals surface area contributed by atoms with E-state index >= 15 is 0 Å². The maximum atomic E-state index is 13.0. The fraction of sp³-hybridized carbons (Fsp3) is 0.316. The third-order valence-corrected chi connectivity index (χ3v) is 4.93. The van der Waals surface area contributed by atoms with Gasteiger partial charge in [-0.2, -0.15) is 0 Å². The normalized spacial score (nSPS) is 17.5. The number of furan rings is 1. The number of likely N-dealkylation sites (tertiary alicyclic amines) is 1. The van der Waals surface area contributed by atoms with Gasteiger partial charge >= 0.3 is 0 Å². The van der Waals surface area contributed by atoms with Crippen LogP contribution in [0.4, 0.5) is 0 Å². The average Bonchev–Trinajstić information content (AvgIpc) is 3.11. The molecule has 1 amide bonds. The van der Waals surface area contributed by atoms with Crippen molar-refractivity contribution in [3.8, 4) is 5.75 Å². The van der Waals surface area contributed by atoms with Crippen LogP contribution in [0.5, 0.6) is 5.75 Å². The van der Waals surface area contributed by atoms with Crippen LogP contribution in [-0.2, 0) is 0 Å². The molecule has 0 aliphatic carbocycles. The Morgan fingerprint density at radius 2 is 2.27 bits per heavy atom. The first kappa shape index (κ1) is 16.8. The SMILES string of the molecule is COc1cc(Cl)cc2cc(C(=O)N3CCCC(c4ccncn4)C3)oc12. The summed E-state index contributed by atoms with van der Waals surface area (Å²) in [6.45, 7) is 1.32. The molecule has 1 atom stereocenters. The van der Waals surface area contributed by atoms with Gasteiger partial charge in [-0.05, 0) is 31.0 Å². The minimum absolute atomic E-state index is 0.127. The lowest BCUT2D eigenvalue weighted by atomic mass is 9.94. The Morgan fingerprint density at radius 3 is 3.04 bits per heavy atom. The largest absolute Gasteiger partial charge is 0.493 e. The van der Waals surface area contributed by atoms with E-state index in [0.29, 0.717) is 35.2 Å². The molecule has 3 heterocycles. The number of halogens is 1. The zero-order valence-electron chi connectivity index (χ0n) is 14.3. The monoisotopic (exact) mass is 371 g/mol. The van der Waals surface area contributed by atoms with E-state index in [2.05, 4.69) is 9.97 Å². The lowest BCUT2D eigenvalue weighted by Gasteiger charge is -2.31. The van der Waals surface area contributed by atoms with Gasteiger partial charge in [-0.3, -0.25) is 4.79 Å². The molecule has 0 radical (unpaired) electrons. The summed E-state index contributed by atoms with van der Waals surface area (Å²) in [5, 5.41) is 1.29. The van der Waals surface area contributed by atoms with Crippen molar-refractivity contribution in [1.82, 2.24) is 14.9 Å². The van der Waals surface area contributed by atoms with Gasteiger partial charge in [0.05, 0.1) is 7.11 Å². The number of nitrogens with zero attached hydrogens (tertiary/aromatic N) is 3. The Hall–Kier alpha value is -2.60. The van der Waals surface area contributed by atoms with Crippen LogP contribution in [0.2, 0.25) is 5.02 Å². The molecule has 4 rings (SSSR count). The first-order valence-corrected chi connectivity index (χ1v) is 8.86. The molecule has 3 aromatic rings. The third kappa shape index (κ3) is 3.12. The van der Waals surface area contributed by atoms with Crippen molar-refractivity contribution in [2.75, 3.05) is 20.2 Å². The summed E-state index contributed by atoms with van der Waals surface area (Å²) in [4.78, 5) is 23.1. The smallest absolute Gasteiger partial charge is 0.289 e. The molecule has 26 heavy (non-hydrogen) atoms. The van der Waals surface area contributed by atoms with Gasteiger partial charge in [-0.15, -0.1) is 0 Å². The van der Waals surface area contributed by atoms with Gasteiger partial charge in [-0.25, -0.2) is 9.97 Å². The Morgan fingerprint density at radius 1 is 1.38 bits per heavy atom. The third-order valence-electron chi connectivity index (χ3n) is 4.71. The maximum Gasteiger partial charge on any atom is 0.289 e. The molecule has 1 unspecified atom stereocenters. The van der Waals surface area contributed by atoms with Crippen LogP contribution in [0.15, 0.2) is 41.2 Å². The van der Waals surface area contributed by atoms with E-state index in [1.165, 1.54) is 0 Å². The summed E-state index contributed by atoms with van der Waals surface area (Å²) < 4.78 is 11.1. The molecule has 0 spiro atoms. The highest BCUT2D eigenvalue weighted by Gasteiger charge is 2.28. The Labute approximate surface area is 155 Å². The second-order valence-corrected chi connectivity index (χ2v) is 6.80. The van der Waals surface area contributed by atoms with Gasteiger partial charge in [0.1, 0.15) is 6.33 Å². The molecule has 1 saturated heterocycles. The molecule has 1 aliphatic heterocycles. The molecule has 0 saturated carbocycles. The molecule has 6 nitrogen and oxygen atoms in total. The average molecular weight is 372 g/mol. The summed E-state index contributed by atoms with van der Waals surface area (Å²) in [6.07, 6.45) is 5.21. The minimum atomic E-state index is -0.127. The van der Waals surface area contributed by atoms with Gasteiger partial charge in [0.2, 0.25) is 0 Å². The highest BCUT2D eigenvalue weighted by molar-refractivity contribution is 6.31. The lowest BCUT2D eigenvalue weighted by Crippen LogP contribution is -2.39. The standard InChI is InChI=1S/C19H18ClN3O3/c1-25-16-9-14(20)7-13-8-17(26-18(13)16)19(24)23-6-2-3-12(10-23)15-4-5-21-11-22-15/h4-5,7-9,11-12H,2-3,6,10H2,1H3. The van der Waals surface area contributed by atoms with Crippen LogP contribution in [0.3, 0.4) is 0 Å². The van der Waals surface area contributed by atoms with E-state index in [1.807, 2.05) is 11.0 Å². The lowest BCUT2D eigenvalue weighted by molar-refractivity contribution is 0.0676. The highest BCUT2D eigenvalue weighted by Crippen LogP contribution is 2.33. The molecular weight excluding hydrogens is 354 g/mol. The van der Waals surface area contributed by atoms with Gasteiger partial charge in [-0.1, -0.05) is 11.6 Å². The van der Waals surface area contributed by atoms with Crippen molar-refractivity contribution in [2.24, 2.45) is 0 Å². The number of hydrogen-bond acceptors (Lipinski definition) is 5. The van der Waals surface area contributed by atoms with Gasteiger partial charge in [0.15, 0.2) is 17.1 Å². The molecule has 1 aromatic carbocycles. The van der Waals surface area contributed by atoms with Crippen molar-refractivity contribution in [2.45, 2.75) is 18.8 Å². The van der Waals surface area contributed by atoms with Crippen molar-refractivity contribution >= 4 is 28.5 Å². The molecule has 1 fully saturated rings. The summed E-state index contributed by atoms with van der Waals surface area (Å²) in [7, 11) is 1.55. The van der Waals surface area contributed by atoms with E-state index in [1.54, 1.807) is 37.8 Å². The van der Waals surface area contributed by atoms with Crippen LogP contribution >= 0.6 is 11.6 Å². The van der Waals surface area contributed by atoms with Crippen LogP contribution in [-0.4, -0.2) is 41.0 Å². The summed E-state index contributed by atoms with van der Waals surface area (Å²) in [5.41, 5.74) is 1.50. The summed E-state index contributed by atoms with van der Waals surface area (Å²) in [5.74, 6) is 0.898. The van der Waals surface area contributed by atoms with Crippen LogP contribution in [0.25, 0.3) is 11.0 Å². The number of benzene rings is 1. The zero-order chi connectivity index (χ0) is 18.1. The Kier molecular flexibility index (Phi) is 4.51. The van der Waals surface area contributed by atoms with E-state index in [4.69, 9.17) is 20.8 Å².